The molecule has 1 aliphatic rings. The molecule has 0 aliphatic heterocycles. The lowest BCUT2D eigenvalue weighted by molar-refractivity contribution is 0.666. The van der Waals surface area contributed by atoms with E-state index in [0.29, 0.717) is 17.6 Å². The van der Waals surface area contributed by atoms with Crippen LogP contribution in [0.5, 0.6) is 0 Å². The van der Waals surface area contributed by atoms with Gasteiger partial charge < -0.3 is 4.42 Å². The third-order valence-electron chi connectivity index (χ3n) is 12.7. The molecule has 60 heavy (non-hydrogen) atoms. The molecule has 4 aromatic heterocycles. The van der Waals surface area contributed by atoms with Gasteiger partial charge in [-0.25, -0.2) is 4.98 Å². The second-order valence-corrected chi connectivity index (χ2v) is 17.4. The first kappa shape index (κ1) is 33.6. The van der Waals surface area contributed by atoms with Crippen LogP contribution in [0.1, 0.15) is 25.0 Å². The molecule has 0 atom stereocenters. The number of hydrogen-bond donors (Lipinski definition) is 0. The van der Waals surface area contributed by atoms with Gasteiger partial charge in [0.25, 0.3) is 0 Å². The van der Waals surface area contributed by atoms with Gasteiger partial charge in [0.2, 0.25) is 5.95 Å². The summed E-state index contributed by atoms with van der Waals surface area (Å²) < 4.78 is 11.2. The van der Waals surface area contributed by atoms with Crippen molar-refractivity contribution in [3.63, 3.8) is 0 Å². The standard InChI is InChI=1S/C54H34N4OS/c1-54(2)41-20-10-6-16-34(41)36-28-29-43-46(48(36)54)37-18-7-11-21-42(37)58(43)53-56-51(33-26-24-32(25-27-33)31-14-4-3-5-15-31)55-52(57-53)40-30-39-35-17-8-12-22-44(35)59-49(39)47-38-19-9-13-23-45(38)60-50(40)47/h3-30H,1-2H3. The van der Waals surface area contributed by atoms with Gasteiger partial charge in [-0.1, -0.05) is 153 Å². The van der Waals surface area contributed by atoms with Crippen LogP contribution in [-0.4, -0.2) is 19.5 Å². The minimum Gasteiger partial charge on any atom is -0.455 e. The van der Waals surface area contributed by atoms with Crippen molar-refractivity contribution in [2.45, 2.75) is 19.3 Å². The van der Waals surface area contributed by atoms with Gasteiger partial charge in [0.15, 0.2) is 11.6 Å². The number of furan rings is 1. The summed E-state index contributed by atoms with van der Waals surface area (Å²) in [6.45, 7) is 4.71. The van der Waals surface area contributed by atoms with Crippen LogP contribution in [-0.2, 0) is 5.41 Å². The number of para-hydroxylation sites is 2. The zero-order valence-corrected chi connectivity index (χ0v) is 33.6. The summed E-state index contributed by atoms with van der Waals surface area (Å²) in [4.78, 5) is 16.3. The summed E-state index contributed by atoms with van der Waals surface area (Å²) in [6.07, 6.45) is 0. The Kier molecular flexibility index (Phi) is 6.88. The van der Waals surface area contributed by atoms with Crippen LogP contribution in [0.4, 0.5) is 0 Å². The van der Waals surface area contributed by atoms with Gasteiger partial charge in [-0.2, -0.15) is 9.97 Å². The number of rotatable bonds is 4. The van der Waals surface area contributed by atoms with Crippen LogP contribution in [0.25, 0.3) is 115 Å². The molecule has 0 amide bonds. The molecule has 282 valence electrons. The molecule has 0 unspecified atom stereocenters. The summed E-state index contributed by atoms with van der Waals surface area (Å²) in [5.41, 5.74) is 13.1. The molecule has 1 aliphatic carbocycles. The molecular weight excluding hydrogens is 753 g/mol. The monoisotopic (exact) mass is 786 g/mol. The molecular formula is C54H34N4OS. The average molecular weight is 787 g/mol. The third kappa shape index (κ3) is 4.65. The van der Waals surface area contributed by atoms with Gasteiger partial charge in [-0.15, -0.1) is 11.3 Å². The number of nitrogens with zero attached hydrogens (tertiary/aromatic N) is 4. The van der Waals surface area contributed by atoms with E-state index in [1.54, 1.807) is 11.3 Å². The van der Waals surface area contributed by atoms with Crippen molar-refractivity contribution < 1.29 is 4.42 Å². The number of fused-ring (bicyclic) bond motifs is 14. The highest BCUT2D eigenvalue weighted by molar-refractivity contribution is 7.26. The summed E-state index contributed by atoms with van der Waals surface area (Å²) in [7, 11) is 0. The molecule has 5 nitrogen and oxygen atoms in total. The average Bonchev–Trinajstić information content (AvgIpc) is 4.03. The van der Waals surface area contributed by atoms with Crippen molar-refractivity contribution in [2.75, 3.05) is 0 Å². The molecule has 0 radical (unpaired) electrons. The first-order valence-corrected chi connectivity index (χ1v) is 21.2. The van der Waals surface area contributed by atoms with Crippen LogP contribution in [0, 0.1) is 0 Å². The lowest BCUT2D eigenvalue weighted by Gasteiger charge is -2.22. The van der Waals surface area contributed by atoms with Gasteiger partial charge in [-0.05, 0) is 63.7 Å². The maximum Gasteiger partial charge on any atom is 0.238 e. The molecule has 6 heteroatoms. The van der Waals surface area contributed by atoms with Crippen molar-refractivity contribution >= 4 is 75.3 Å². The van der Waals surface area contributed by atoms with E-state index in [9.17, 15) is 0 Å². The molecule has 13 rings (SSSR count). The molecule has 0 bridgehead atoms. The predicted octanol–water partition coefficient (Wildman–Crippen LogP) is 14.5. The molecule has 0 saturated heterocycles. The third-order valence-corrected chi connectivity index (χ3v) is 13.9. The fourth-order valence-electron chi connectivity index (χ4n) is 9.93. The Balaban J connectivity index is 1.12. The van der Waals surface area contributed by atoms with Gasteiger partial charge in [0, 0.05) is 53.6 Å². The smallest absolute Gasteiger partial charge is 0.238 e. The van der Waals surface area contributed by atoms with Gasteiger partial charge in [0.05, 0.1) is 15.7 Å². The maximum atomic E-state index is 6.67. The zero-order chi connectivity index (χ0) is 39.7. The van der Waals surface area contributed by atoms with Gasteiger partial charge >= 0.3 is 0 Å². The lowest BCUT2D eigenvalue weighted by Crippen LogP contribution is -2.15. The van der Waals surface area contributed by atoms with E-state index < -0.39 is 0 Å². The highest BCUT2D eigenvalue weighted by atomic mass is 32.1. The van der Waals surface area contributed by atoms with Crippen LogP contribution >= 0.6 is 11.3 Å². The second-order valence-electron chi connectivity index (χ2n) is 16.3. The zero-order valence-electron chi connectivity index (χ0n) is 32.8. The SMILES string of the molecule is CC1(C)c2ccccc2-c2ccc3c(c21)c1ccccc1n3-c1nc(-c2ccc(-c3ccccc3)cc2)nc(-c2cc3c4ccccc4oc3c3c2sc2ccccc23)n1. The van der Waals surface area contributed by atoms with Crippen molar-refractivity contribution in [1.82, 2.24) is 19.5 Å². The highest BCUT2D eigenvalue weighted by Gasteiger charge is 2.38. The van der Waals surface area contributed by atoms with Crippen molar-refractivity contribution in [3.05, 3.63) is 181 Å². The Labute approximate surface area is 348 Å². The van der Waals surface area contributed by atoms with E-state index in [0.717, 1.165) is 70.7 Å². The van der Waals surface area contributed by atoms with E-state index in [-0.39, 0.29) is 5.41 Å². The Hall–Kier alpha value is -7.41. The van der Waals surface area contributed by atoms with E-state index in [2.05, 4.69) is 170 Å². The lowest BCUT2D eigenvalue weighted by atomic mass is 9.80. The Morgan fingerprint density at radius 3 is 2.05 bits per heavy atom. The Morgan fingerprint density at radius 1 is 0.500 bits per heavy atom. The molecule has 8 aromatic carbocycles. The maximum absolute atomic E-state index is 6.67. The molecule has 0 spiro atoms. The van der Waals surface area contributed by atoms with E-state index in [1.165, 1.54) is 37.7 Å². The number of aromatic nitrogens is 4. The van der Waals surface area contributed by atoms with E-state index in [1.807, 2.05) is 18.2 Å². The molecule has 12 aromatic rings. The second kappa shape index (κ2) is 12.3. The number of benzene rings is 8. The number of thiophene rings is 1. The van der Waals surface area contributed by atoms with Crippen molar-refractivity contribution in [3.8, 4) is 51.0 Å². The van der Waals surface area contributed by atoms with E-state index in [4.69, 9.17) is 19.4 Å². The van der Waals surface area contributed by atoms with E-state index >= 15 is 0 Å². The van der Waals surface area contributed by atoms with Crippen LogP contribution in [0.2, 0.25) is 0 Å². The molecule has 0 saturated carbocycles. The minimum atomic E-state index is -0.203. The summed E-state index contributed by atoms with van der Waals surface area (Å²) >= 11 is 1.76. The Morgan fingerprint density at radius 2 is 1.18 bits per heavy atom. The van der Waals surface area contributed by atoms with Crippen molar-refractivity contribution in [2.24, 2.45) is 0 Å². The van der Waals surface area contributed by atoms with Crippen LogP contribution in [0.15, 0.2) is 174 Å². The fraction of sp³-hybridized carbons (Fsp3) is 0.0556. The van der Waals surface area contributed by atoms with Crippen LogP contribution in [0.3, 0.4) is 0 Å². The highest BCUT2D eigenvalue weighted by Crippen LogP contribution is 2.53. The predicted molar refractivity (Wildman–Crippen MR) is 248 cm³/mol. The van der Waals surface area contributed by atoms with Crippen molar-refractivity contribution in [1.29, 1.82) is 0 Å². The first-order chi connectivity index (χ1) is 29.5. The fourth-order valence-corrected chi connectivity index (χ4v) is 11.1. The normalized spacial score (nSPS) is 13.3. The molecule has 0 N–H and O–H groups in total. The van der Waals surface area contributed by atoms with Gasteiger partial charge in [-0.3, -0.25) is 4.57 Å². The molecule has 0 fully saturated rings. The first-order valence-electron chi connectivity index (χ1n) is 20.4. The molecule has 4 heterocycles. The van der Waals surface area contributed by atoms with Crippen LogP contribution < -0.4 is 0 Å². The van der Waals surface area contributed by atoms with Gasteiger partial charge in [0.1, 0.15) is 11.2 Å². The quantitative estimate of drug-likeness (QED) is 0.178. The summed E-state index contributed by atoms with van der Waals surface area (Å²) in [5, 5.41) is 6.77. The Bertz CT molecular complexity index is 3740. The summed E-state index contributed by atoms with van der Waals surface area (Å²) in [5.74, 6) is 1.81. The largest absolute Gasteiger partial charge is 0.455 e. The minimum absolute atomic E-state index is 0.203. The topological polar surface area (TPSA) is 56.7 Å². The number of hydrogen-bond acceptors (Lipinski definition) is 5. The summed E-state index contributed by atoms with van der Waals surface area (Å²) in [6, 6.07) is 60.3.